The van der Waals surface area contributed by atoms with Crippen LogP contribution in [0.3, 0.4) is 0 Å². The van der Waals surface area contributed by atoms with E-state index in [9.17, 15) is 4.79 Å². The van der Waals surface area contributed by atoms with Crippen LogP contribution in [0.5, 0.6) is 0 Å². The summed E-state index contributed by atoms with van der Waals surface area (Å²) in [6.07, 6.45) is 4.94. The molecule has 3 atom stereocenters. The lowest BCUT2D eigenvalue weighted by Crippen LogP contribution is -2.40. The van der Waals surface area contributed by atoms with E-state index in [0.29, 0.717) is 18.5 Å². The molecule has 0 spiro atoms. The van der Waals surface area contributed by atoms with Gasteiger partial charge in [-0.15, -0.1) is 0 Å². The first-order valence-electron chi connectivity index (χ1n) is 8.53. The molecular weight excluding hydrogens is 276 g/mol. The Bertz CT molecular complexity index is 560. The Morgan fingerprint density at radius 1 is 1.23 bits per heavy atom. The first-order valence-corrected chi connectivity index (χ1v) is 8.53. The number of hydrogen-bond acceptors (Lipinski definition) is 3. The molecule has 3 aliphatic heterocycles. The van der Waals surface area contributed by atoms with Crippen LogP contribution < -0.4 is 5.32 Å². The number of benzene rings is 1. The summed E-state index contributed by atoms with van der Waals surface area (Å²) in [7, 11) is 0. The van der Waals surface area contributed by atoms with Crippen molar-refractivity contribution in [3.8, 4) is 0 Å². The highest BCUT2D eigenvalue weighted by atomic mass is 16.5. The standard InChI is InChI=1S/C18H24N2O2/c21-18(20-9-7-14-5-6-15(12-20)19-14)11-17-16-4-2-1-3-13(16)8-10-22-17/h1-4,14-15,17,19H,5-12H2. The number of likely N-dealkylation sites (tertiary alicyclic amines) is 1. The Hall–Kier alpha value is -1.39. The maximum absolute atomic E-state index is 12.7. The minimum absolute atomic E-state index is 0.0640. The van der Waals surface area contributed by atoms with Crippen LogP contribution in [0, 0.1) is 0 Å². The van der Waals surface area contributed by atoms with Crippen LogP contribution in [0.25, 0.3) is 0 Å². The smallest absolute Gasteiger partial charge is 0.225 e. The van der Waals surface area contributed by atoms with E-state index in [-0.39, 0.29) is 12.0 Å². The van der Waals surface area contributed by atoms with Crippen molar-refractivity contribution in [2.45, 2.75) is 50.3 Å². The van der Waals surface area contributed by atoms with Crippen molar-refractivity contribution in [1.29, 1.82) is 0 Å². The molecule has 3 heterocycles. The van der Waals surface area contributed by atoms with Crippen molar-refractivity contribution >= 4 is 5.91 Å². The fourth-order valence-electron chi connectivity index (χ4n) is 4.10. The molecule has 1 aromatic carbocycles. The van der Waals surface area contributed by atoms with Crippen molar-refractivity contribution in [1.82, 2.24) is 10.2 Å². The van der Waals surface area contributed by atoms with Crippen LogP contribution in [0.15, 0.2) is 24.3 Å². The third kappa shape index (κ3) is 2.77. The van der Waals surface area contributed by atoms with Gasteiger partial charge in [0.05, 0.1) is 19.1 Å². The first kappa shape index (κ1) is 14.2. The van der Waals surface area contributed by atoms with Gasteiger partial charge in [0.1, 0.15) is 0 Å². The Kier molecular flexibility index (Phi) is 3.89. The highest BCUT2D eigenvalue weighted by molar-refractivity contribution is 5.77. The molecule has 0 radical (unpaired) electrons. The monoisotopic (exact) mass is 300 g/mol. The molecule has 0 saturated carbocycles. The fourth-order valence-corrected chi connectivity index (χ4v) is 4.10. The molecule has 0 aromatic heterocycles. The normalized spacial score (nSPS) is 30.7. The van der Waals surface area contributed by atoms with Gasteiger partial charge in [0.15, 0.2) is 0 Å². The van der Waals surface area contributed by atoms with Gasteiger partial charge in [-0.3, -0.25) is 4.79 Å². The Morgan fingerprint density at radius 3 is 3.05 bits per heavy atom. The van der Waals surface area contributed by atoms with Gasteiger partial charge in [0, 0.05) is 25.2 Å². The van der Waals surface area contributed by atoms with Gasteiger partial charge in [-0.05, 0) is 36.8 Å². The molecule has 1 N–H and O–H groups in total. The molecule has 118 valence electrons. The molecule has 3 unspecified atom stereocenters. The number of ether oxygens (including phenoxy) is 1. The molecule has 4 heteroatoms. The predicted molar refractivity (Wildman–Crippen MR) is 84.6 cm³/mol. The van der Waals surface area contributed by atoms with Gasteiger partial charge in [0.2, 0.25) is 5.91 Å². The van der Waals surface area contributed by atoms with Gasteiger partial charge in [0.25, 0.3) is 0 Å². The van der Waals surface area contributed by atoms with Gasteiger partial charge >= 0.3 is 0 Å². The lowest BCUT2D eigenvalue weighted by Gasteiger charge is -2.29. The zero-order valence-corrected chi connectivity index (χ0v) is 13.0. The van der Waals surface area contributed by atoms with E-state index in [1.54, 1.807) is 0 Å². The third-order valence-electron chi connectivity index (χ3n) is 5.33. The zero-order valence-electron chi connectivity index (χ0n) is 13.0. The van der Waals surface area contributed by atoms with Gasteiger partial charge < -0.3 is 15.0 Å². The van der Waals surface area contributed by atoms with E-state index >= 15 is 0 Å². The maximum atomic E-state index is 12.7. The van der Waals surface area contributed by atoms with Crippen LogP contribution in [-0.4, -0.2) is 42.6 Å². The molecule has 4 rings (SSSR count). The summed E-state index contributed by atoms with van der Waals surface area (Å²) in [6.45, 7) is 2.48. The van der Waals surface area contributed by atoms with Gasteiger partial charge in [-0.2, -0.15) is 0 Å². The highest BCUT2D eigenvalue weighted by Gasteiger charge is 2.32. The number of hydrogen-bond donors (Lipinski definition) is 1. The molecule has 3 aliphatic rings. The Labute approximate surface area is 131 Å². The summed E-state index contributed by atoms with van der Waals surface area (Å²) in [6, 6.07) is 9.49. The summed E-state index contributed by atoms with van der Waals surface area (Å²) in [5, 5.41) is 3.63. The summed E-state index contributed by atoms with van der Waals surface area (Å²) in [4.78, 5) is 14.8. The van der Waals surface area contributed by atoms with Crippen LogP contribution in [0.4, 0.5) is 0 Å². The molecule has 2 saturated heterocycles. The molecule has 22 heavy (non-hydrogen) atoms. The largest absolute Gasteiger partial charge is 0.373 e. The Morgan fingerprint density at radius 2 is 2.09 bits per heavy atom. The Balaban J connectivity index is 1.44. The topological polar surface area (TPSA) is 41.6 Å². The molecule has 2 bridgehead atoms. The van der Waals surface area contributed by atoms with E-state index in [2.05, 4.69) is 28.4 Å². The number of amides is 1. The van der Waals surface area contributed by atoms with Crippen molar-refractivity contribution < 1.29 is 9.53 Å². The molecule has 1 amide bonds. The van der Waals surface area contributed by atoms with Crippen LogP contribution in [0.1, 0.15) is 42.9 Å². The highest BCUT2D eigenvalue weighted by Crippen LogP contribution is 2.30. The average Bonchev–Trinajstić information content (AvgIpc) is 2.86. The lowest BCUT2D eigenvalue weighted by atomic mass is 9.95. The zero-order chi connectivity index (χ0) is 14.9. The fraction of sp³-hybridized carbons (Fsp3) is 0.611. The molecule has 4 nitrogen and oxygen atoms in total. The summed E-state index contributed by atoms with van der Waals surface area (Å²) < 4.78 is 5.90. The van der Waals surface area contributed by atoms with E-state index in [1.807, 2.05) is 6.07 Å². The van der Waals surface area contributed by atoms with E-state index in [4.69, 9.17) is 4.74 Å². The molecule has 0 aliphatic carbocycles. The molecule has 1 aromatic rings. The minimum atomic E-state index is -0.0640. The second kappa shape index (κ2) is 6.01. The summed E-state index contributed by atoms with van der Waals surface area (Å²) >= 11 is 0. The number of nitrogens with zero attached hydrogens (tertiary/aromatic N) is 1. The number of fused-ring (bicyclic) bond motifs is 3. The number of carbonyl (C=O) groups is 1. The van der Waals surface area contributed by atoms with Crippen molar-refractivity contribution in [3.63, 3.8) is 0 Å². The summed E-state index contributed by atoms with van der Waals surface area (Å²) in [5.41, 5.74) is 2.54. The van der Waals surface area contributed by atoms with Crippen LogP contribution in [0.2, 0.25) is 0 Å². The van der Waals surface area contributed by atoms with E-state index in [0.717, 1.165) is 32.5 Å². The predicted octanol–water partition coefficient (Wildman–Crippen LogP) is 2.04. The average molecular weight is 300 g/mol. The van der Waals surface area contributed by atoms with Crippen molar-refractivity contribution in [3.05, 3.63) is 35.4 Å². The number of carbonyl (C=O) groups excluding carboxylic acids is 1. The second-order valence-corrected chi connectivity index (χ2v) is 6.78. The van der Waals surface area contributed by atoms with Crippen LogP contribution in [-0.2, 0) is 16.0 Å². The van der Waals surface area contributed by atoms with Gasteiger partial charge in [-0.1, -0.05) is 24.3 Å². The van der Waals surface area contributed by atoms with Gasteiger partial charge in [-0.25, -0.2) is 0 Å². The second-order valence-electron chi connectivity index (χ2n) is 6.78. The van der Waals surface area contributed by atoms with Crippen molar-refractivity contribution in [2.24, 2.45) is 0 Å². The van der Waals surface area contributed by atoms with E-state index in [1.165, 1.54) is 24.0 Å². The third-order valence-corrected chi connectivity index (χ3v) is 5.33. The first-order chi connectivity index (χ1) is 10.8. The minimum Gasteiger partial charge on any atom is -0.373 e. The molecular formula is C18H24N2O2. The molecule has 2 fully saturated rings. The van der Waals surface area contributed by atoms with Crippen molar-refractivity contribution in [2.75, 3.05) is 19.7 Å². The number of nitrogens with one attached hydrogen (secondary N) is 1. The van der Waals surface area contributed by atoms with E-state index < -0.39 is 0 Å². The maximum Gasteiger partial charge on any atom is 0.225 e. The van der Waals surface area contributed by atoms with Crippen LogP contribution >= 0.6 is 0 Å². The summed E-state index contributed by atoms with van der Waals surface area (Å²) in [5.74, 6) is 0.246. The number of rotatable bonds is 2. The quantitative estimate of drug-likeness (QED) is 0.909. The SMILES string of the molecule is O=C(CC1OCCc2ccccc21)N1CCC2CCC(C1)N2. The lowest BCUT2D eigenvalue weighted by molar-refractivity contribution is -0.135.